The van der Waals surface area contributed by atoms with E-state index in [1.54, 1.807) is 53.4 Å². The molecule has 2 heterocycles. The molecule has 4 N–H and O–H groups in total. The summed E-state index contributed by atoms with van der Waals surface area (Å²) in [4.78, 5) is 42.5. The van der Waals surface area contributed by atoms with Gasteiger partial charge in [-0.25, -0.2) is 13.1 Å². The van der Waals surface area contributed by atoms with Crippen molar-refractivity contribution in [3.8, 4) is 0 Å². The summed E-state index contributed by atoms with van der Waals surface area (Å²) in [6.45, 7) is 2.18. The minimum Gasteiger partial charge on any atom is -0.378 e. The maximum absolute atomic E-state index is 13.6. The first-order valence-electron chi connectivity index (χ1n) is 13.1. The second-order valence-corrected chi connectivity index (χ2v) is 12.0. The van der Waals surface area contributed by atoms with Gasteiger partial charge in [0, 0.05) is 37.7 Å². The van der Waals surface area contributed by atoms with Gasteiger partial charge >= 0.3 is 0 Å². The van der Waals surface area contributed by atoms with E-state index in [2.05, 4.69) is 10.0 Å². The fourth-order valence-electron chi connectivity index (χ4n) is 4.73. The summed E-state index contributed by atoms with van der Waals surface area (Å²) >= 11 is 6.09. The van der Waals surface area contributed by atoms with Crippen molar-refractivity contribution in [3.63, 3.8) is 0 Å². The van der Waals surface area contributed by atoms with Crippen LogP contribution < -0.4 is 15.8 Å². The average molecular weight is 592 g/mol. The van der Waals surface area contributed by atoms with Crippen LogP contribution in [0.3, 0.4) is 0 Å². The molecular weight excluding hydrogens is 558 g/mol. The van der Waals surface area contributed by atoms with E-state index in [0.29, 0.717) is 43.3 Å². The second kappa shape index (κ2) is 13.6. The summed E-state index contributed by atoms with van der Waals surface area (Å²) in [5.41, 5.74) is 7.93. The lowest BCUT2D eigenvalue weighted by Crippen LogP contribution is -2.63. The van der Waals surface area contributed by atoms with Gasteiger partial charge in [0.15, 0.2) is 0 Å². The van der Waals surface area contributed by atoms with Crippen molar-refractivity contribution < 1.29 is 27.5 Å². The SMILES string of the molecule is NCc1ccc(Cl)cc1CNC(=O)C1CCN1C(=O)C(CC(=O)N1CCOCC1)NS(=O)(=O)Cc1ccccc1. The molecule has 0 bridgehead atoms. The zero-order valence-electron chi connectivity index (χ0n) is 22.1. The van der Waals surface area contributed by atoms with Crippen LogP contribution in [0.2, 0.25) is 5.02 Å². The Morgan fingerprint density at radius 2 is 1.77 bits per heavy atom. The molecule has 2 aliphatic rings. The van der Waals surface area contributed by atoms with Crippen LogP contribution in [-0.4, -0.2) is 80.9 Å². The van der Waals surface area contributed by atoms with Crippen LogP contribution in [-0.2, 0) is 48.0 Å². The van der Waals surface area contributed by atoms with Gasteiger partial charge in [0.2, 0.25) is 27.7 Å². The number of hydrogen-bond donors (Lipinski definition) is 3. The van der Waals surface area contributed by atoms with E-state index in [1.807, 2.05) is 0 Å². The molecule has 0 radical (unpaired) electrons. The van der Waals surface area contributed by atoms with Crippen molar-refractivity contribution >= 4 is 39.3 Å². The van der Waals surface area contributed by atoms with Crippen molar-refractivity contribution in [2.45, 2.75) is 43.8 Å². The Kier molecular flexibility index (Phi) is 10.1. The number of carbonyl (C=O) groups excluding carboxylic acids is 3. The molecule has 2 unspecified atom stereocenters. The number of nitrogens with two attached hydrogens (primary N) is 1. The minimum atomic E-state index is -3.99. The van der Waals surface area contributed by atoms with Gasteiger partial charge < -0.3 is 25.6 Å². The summed E-state index contributed by atoms with van der Waals surface area (Å²) in [6, 6.07) is 11.7. The highest BCUT2D eigenvalue weighted by Crippen LogP contribution is 2.22. The molecule has 216 valence electrons. The second-order valence-electron chi connectivity index (χ2n) is 9.78. The number of benzene rings is 2. The van der Waals surface area contributed by atoms with E-state index in [1.165, 1.54) is 4.90 Å². The standard InChI is InChI=1S/C27H34ClN5O6S/c28-22-7-6-20(16-29)21(14-22)17-30-26(35)24-8-9-33(24)27(36)23(15-25(34)32-10-12-39-13-11-32)31-40(37,38)18-19-4-2-1-3-5-19/h1-7,14,23-24,31H,8-13,15-18,29H2,(H,30,35). The van der Waals surface area contributed by atoms with Crippen LogP contribution in [0.15, 0.2) is 48.5 Å². The summed E-state index contributed by atoms with van der Waals surface area (Å²) in [5.74, 6) is -1.71. The van der Waals surface area contributed by atoms with Crippen LogP contribution >= 0.6 is 11.6 Å². The van der Waals surface area contributed by atoms with Crippen molar-refractivity contribution in [3.05, 3.63) is 70.2 Å². The smallest absolute Gasteiger partial charge is 0.243 e. The number of likely N-dealkylation sites (tertiary alicyclic amines) is 1. The molecule has 2 atom stereocenters. The molecule has 13 heteroatoms. The molecule has 2 aromatic carbocycles. The predicted molar refractivity (Wildman–Crippen MR) is 149 cm³/mol. The number of nitrogens with zero attached hydrogens (tertiary/aromatic N) is 2. The van der Waals surface area contributed by atoms with Gasteiger partial charge in [-0.3, -0.25) is 14.4 Å². The highest BCUT2D eigenvalue weighted by atomic mass is 35.5. The van der Waals surface area contributed by atoms with Crippen LogP contribution in [0, 0.1) is 0 Å². The van der Waals surface area contributed by atoms with Crippen molar-refractivity contribution in [2.75, 3.05) is 32.8 Å². The van der Waals surface area contributed by atoms with Gasteiger partial charge in [-0.2, -0.15) is 0 Å². The molecule has 11 nitrogen and oxygen atoms in total. The number of rotatable bonds is 11. The van der Waals surface area contributed by atoms with E-state index < -0.39 is 28.0 Å². The number of halogens is 1. The third-order valence-electron chi connectivity index (χ3n) is 7.01. The molecule has 2 saturated heterocycles. The molecule has 2 aromatic rings. The maximum Gasteiger partial charge on any atom is 0.243 e. The topological polar surface area (TPSA) is 151 Å². The fourth-order valence-corrected chi connectivity index (χ4v) is 6.26. The first-order valence-corrected chi connectivity index (χ1v) is 15.1. The van der Waals surface area contributed by atoms with E-state index >= 15 is 0 Å². The van der Waals surface area contributed by atoms with Crippen LogP contribution in [0.5, 0.6) is 0 Å². The molecule has 0 saturated carbocycles. The Morgan fingerprint density at radius 1 is 1.05 bits per heavy atom. The van der Waals surface area contributed by atoms with Gasteiger partial charge in [-0.05, 0) is 35.2 Å². The first kappa shape index (κ1) is 29.9. The van der Waals surface area contributed by atoms with Gasteiger partial charge in [-0.15, -0.1) is 0 Å². The van der Waals surface area contributed by atoms with Gasteiger partial charge in [-0.1, -0.05) is 48.0 Å². The van der Waals surface area contributed by atoms with E-state index in [4.69, 9.17) is 22.1 Å². The van der Waals surface area contributed by atoms with Gasteiger partial charge in [0.05, 0.1) is 25.4 Å². The zero-order chi connectivity index (χ0) is 28.7. The largest absolute Gasteiger partial charge is 0.378 e. The number of nitrogens with one attached hydrogen (secondary N) is 2. The third-order valence-corrected chi connectivity index (χ3v) is 8.60. The molecular formula is C27H34ClN5O6S. The molecule has 3 amide bonds. The molecule has 0 aliphatic carbocycles. The van der Waals surface area contributed by atoms with Crippen molar-refractivity contribution in [1.29, 1.82) is 0 Å². The van der Waals surface area contributed by atoms with Crippen molar-refractivity contribution in [1.82, 2.24) is 19.8 Å². The van der Waals surface area contributed by atoms with E-state index in [0.717, 1.165) is 11.1 Å². The van der Waals surface area contributed by atoms with E-state index in [9.17, 15) is 22.8 Å². The van der Waals surface area contributed by atoms with Crippen molar-refractivity contribution in [2.24, 2.45) is 5.73 Å². The lowest BCUT2D eigenvalue weighted by atomic mass is 9.99. The highest BCUT2D eigenvalue weighted by Gasteiger charge is 2.42. The predicted octanol–water partition coefficient (Wildman–Crippen LogP) is 0.753. The van der Waals surface area contributed by atoms with Crippen LogP contribution in [0.25, 0.3) is 0 Å². The van der Waals surface area contributed by atoms with E-state index in [-0.39, 0.29) is 43.6 Å². The van der Waals surface area contributed by atoms with Crippen LogP contribution in [0.1, 0.15) is 29.5 Å². The third kappa shape index (κ3) is 7.79. The monoisotopic (exact) mass is 591 g/mol. The normalized spacial score (nSPS) is 18.1. The Balaban J connectivity index is 1.45. The molecule has 0 aromatic heterocycles. The Morgan fingerprint density at radius 3 is 2.42 bits per heavy atom. The number of morpholine rings is 1. The maximum atomic E-state index is 13.6. The number of amides is 3. The minimum absolute atomic E-state index is 0.174. The fraction of sp³-hybridized carbons (Fsp3) is 0.444. The highest BCUT2D eigenvalue weighted by molar-refractivity contribution is 7.88. The molecule has 40 heavy (non-hydrogen) atoms. The lowest BCUT2D eigenvalue weighted by molar-refractivity contribution is -0.150. The molecule has 0 spiro atoms. The lowest BCUT2D eigenvalue weighted by Gasteiger charge is -2.41. The number of hydrogen-bond acceptors (Lipinski definition) is 7. The number of carbonyl (C=O) groups is 3. The molecule has 4 rings (SSSR count). The average Bonchev–Trinajstić information content (AvgIpc) is 2.91. The Hall–Kier alpha value is -3.03. The zero-order valence-corrected chi connectivity index (χ0v) is 23.6. The molecule has 2 aliphatic heterocycles. The molecule has 2 fully saturated rings. The Bertz CT molecular complexity index is 1320. The Labute approximate surface area is 239 Å². The van der Waals surface area contributed by atoms with Gasteiger partial charge in [0.25, 0.3) is 0 Å². The number of ether oxygens (including phenoxy) is 1. The summed E-state index contributed by atoms with van der Waals surface area (Å²) < 4.78 is 33.8. The number of sulfonamides is 1. The van der Waals surface area contributed by atoms with Gasteiger partial charge in [0.1, 0.15) is 12.1 Å². The summed E-state index contributed by atoms with van der Waals surface area (Å²) in [6.07, 6.45) is 0.0534. The van der Waals surface area contributed by atoms with Crippen LogP contribution in [0.4, 0.5) is 0 Å². The summed E-state index contributed by atoms with van der Waals surface area (Å²) in [5, 5.41) is 3.34. The summed E-state index contributed by atoms with van der Waals surface area (Å²) in [7, 11) is -3.99. The quantitative estimate of drug-likeness (QED) is 0.349. The first-order chi connectivity index (χ1) is 19.2.